The van der Waals surface area contributed by atoms with Gasteiger partial charge in [0.1, 0.15) is 0 Å². The Morgan fingerprint density at radius 3 is 2.72 bits per heavy atom. The zero-order valence-corrected chi connectivity index (χ0v) is 18.2. The third kappa shape index (κ3) is 4.13. The molecule has 0 atom stereocenters. The summed E-state index contributed by atoms with van der Waals surface area (Å²) in [5.41, 5.74) is 11.5. The second-order valence-electron chi connectivity index (χ2n) is 8.08. The summed E-state index contributed by atoms with van der Waals surface area (Å²) in [5.74, 6) is -0.159. The standard InChI is InChI=1S/C26H23ClN4O/c27-22-5-3-4-21(13-22)26(32)31(25-7-2-1-6-23(25)28)17-19-15-30(16-19)14-18-8-9-20-10-11-29-24(20)12-18/h1-13,17,29H,14-16,28H2. The number of para-hydroxylation sites is 2. The van der Waals surface area contributed by atoms with Crippen LogP contribution in [0.25, 0.3) is 10.9 Å². The number of likely N-dealkylation sites (tertiary alicyclic amines) is 1. The SMILES string of the molecule is Nc1ccccc1N(C=C1CN(Cc2ccc3cc[nH]c3c2)C1)C(=O)c1cccc(Cl)c1. The molecule has 5 nitrogen and oxygen atoms in total. The molecule has 5 rings (SSSR count). The summed E-state index contributed by atoms with van der Waals surface area (Å²) >= 11 is 6.12. The molecule has 1 fully saturated rings. The van der Waals surface area contributed by atoms with Gasteiger partial charge in [-0.25, -0.2) is 0 Å². The fraction of sp³-hybridized carbons (Fsp3) is 0.115. The van der Waals surface area contributed by atoms with E-state index in [4.69, 9.17) is 17.3 Å². The number of benzene rings is 3. The van der Waals surface area contributed by atoms with Gasteiger partial charge in [0, 0.05) is 48.1 Å². The highest BCUT2D eigenvalue weighted by atomic mass is 35.5. The molecule has 4 aromatic rings. The molecule has 0 bridgehead atoms. The van der Waals surface area contributed by atoms with Crippen LogP contribution in [0, 0.1) is 0 Å². The molecule has 1 aromatic heterocycles. The first-order valence-electron chi connectivity index (χ1n) is 10.5. The minimum atomic E-state index is -0.159. The zero-order chi connectivity index (χ0) is 22.1. The fourth-order valence-corrected chi connectivity index (χ4v) is 4.25. The van der Waals surface area contributed by atoms with Gasteiger partial charge in [-0.2, -0.15) is 0 Å². The number of carbonyl (C=O) groups is 1. The second-order valence-corrected chi connectivity index (χ2v) is 8.51. The van der Waals surface area contributed by atoms with Gasteiger partial charge < -0.3 is 10.7 Å². The molecule has 1 aliphatic rings. The molecule has 1 saturated heterocycles. The Bertz CT molecular complexity index is 1320. The van der Waals surface area contributed by atoms with Crippen molar-refractivity contribution in [2.24, 2.45) is 0 Å². The lowest BCUT2D eigenvalue weighted by Gasteiger charge is -2.35. The predicted octanol–water partition coefficient (Wildman–Crippen LogP) is 5.45. The first-order chi connectivity index (χ1) is 15.6. The third-order valence-corrected chi connectivity index (χ3v) is 5.91. The van der Waals surface area contributed by atoms with Crippen molar-refractivity contribution in [1.82, 2.24) is 9.88 Å². The molecule has 2 heterocycles. The Morgan fingerprint density at radius 1 is 1.06 bits per heavy atom. The number of anilines is 2. The maximum absolute atomic E-state index is 13.3. The molecule has 1 amide bonds. The van der Waals surface area contributed by atoms with E-state index >= 15 is 0 Å². The Kier molecular flexibility index (Phi) is 5.43. The lowest BCUT2D eigenvalue weighted by molar-refractivity contribution is 0.0996. The first kappa shape index (κ1) is 20.4. The van der Waals surface area contributed by atoms with Gasteiger partial charge >= 0.3 is 0 Å². The van der Waals surface area contributed by atoms with E-state index in [-0.39, 0.29) is 5.91 Å². The van der Waals surface area contributed by atoms with Crippen molar-refractivity contribution >= 4 is 39.8 Å². The van der Waals surface area contributed by atoms with Gasteiger partial charge in [0.2, 0.25) is 0 Å². The number of hydrogen-bond acceptors (Lipinski definition) is 3. The van der Waals surface area contributed by atoms with Crippen molar-refractivity contribution in [1.29, 1.82) is 0 Å². The highest BCUT2D eigenvalue weighted by Gasteiger charge is 2.25. The number of carbonyl (C=O) groups excluding carboxylic acids is 1. The van der Waals surface area contributed by atoms with Crippen LogP contribution in [0.3, 0.4) is 0 Å². The maximum Gasteiger partial charge on any atom is 0.262 e. The monoisotopic (exact) mass is 442 g/mol. The molecule has 0 aliphatic carbocycles. The van der Waals surface area contributed by atoms with Crippen molar-refractivity contribution < 1.29 is 4.79 Å². The summed E-state index contributed by atoms with van der Waals surface area (Å²) in [7, 11) is 0. The summed E-state index contributed by atoms with van der Waals surface area (Å²) in [5, 5.41) is 1.74. The molecule has 0 saturated carbocycles. The number of aromatic amines is 1. The second kappa shape index (κ2) is 8.54. The van der Waals surface area contributed by atoms with Crippen LogP contribution in [0.1, 0.15) is 15.9 Å². The Hall–Kier alpha value is -3.54. The van der Waals surface area contributed by atoms with Crippen molar-refractivity contribution in [2.45, 2.75) is 6.54 Å². The first-order valence-corrected chi connectivity index (χ1v) is 10.9. The lowest BCUT2D eigenvalue weighted by Crippen LogP contribution is -2.41. The summed E-state index contributed by atoms with van der Waals surface area (Å²) in [4.78, 5) is 20.6. The summed E-state index contributed by atoms with van der Waals surface area (Å²) in [6, 6.07) is 23.0. The van der Waals surface area contributed by atoms with E-state index in [0.717, 1.165) is 25.2 Å². The predicted molar refractivity (Wildman–Crippen MR) is 131 cm³/mol. The van der Waals surface area contributed by atoms with Crippen LogP contribution in [0.4, 0.5) is 11.4 Å². The average molecular weight is 443 g/mol. The van der Waals surface area contributed by atoms with E-state index in [0.29, 0.717) is 22.0 Å². The number of H-pyrrole nitrogens is 1. The molecule has 3 N–H and O–H groups in total. The molecule has 3 aromatic carbocycles. The number of fused-ring (bicyclic) bond motifs is 1. The van der Waals surface area contributed by atoms with Gasteiger partial charge in [-0.15, -0.1) is 0 Å². The third-order valence-electron chi connectivity index (χ3n) is 5.68. The maximum atomic E-state index is 13.3. The van der Waals surface area contributed by atoms with E-state index in [1.165, 1.54) is 16.5 Å². The van der Waals surface area contributed by atoms with Gasteiger partial charge in [0.25, 0.3) is 5.91 Å². The van der Waals surface area contributed by atoms with Gasteiger partial charge in [0.05, 0.1) is 11.4 Å². The number of hydrogen-bond donors (Lipinski definition) is 2. The van der Waals surface area contributed by atoms with E-state index in [1.807, 2.05) is 30.6 Å². The van der Waals surface area contributed by atoms with Gasteiger partial charge in [0.15, 0.2) is 0 Å². The fourth-order valence-electron chi connectivity index (χ4n) is 4.06. The van der Waals surface area contributed by atoms with E-state index in [2.05, 4.69) is 34.1 Å². The van der Waals surface area contributed by atoms with Crippen LogP contribution in [-0.2, 0) is 6.54 Å². The van der Waals surface area contributed by atoms with E-state index < -0.39 is 0 Å². The minimum Gasteiger partial charge on any atom is -0.397 e. The highest BCUT2D eigenvalue weighted by molar-refractivity contribution is 6.31. The number of nitrogens with one attached hydrogen (secondary N) is 1. The molecule has 0 radical (unpaired) electrons. The summed E-state index contributed by atoms with van der Waals surface area (Å²) in [6.07, 6.45) is 3.87. The van der Waals surface area contributed by atoms with Crippen LogP contribution in [0.2, 0.25) is 5.02 Å². The highest BCUT2D eigenvalue weighted by Crippen LogP contribution is 2.28. The van der Waals surface area contributed by atoms with Crippen LogP contribution in [0.15, 0.2) is 90.8 Å². The quantitative estimate of drug-likeness (QED) is 0.404. The zero-order valence-electron chi connectivity index (χ0n) is 17.5. The largest absolute Gasteiger partial charge is 0.397 e. The van der Waals surface area contributed by atoms with Crippen molar-refractivity contribution in [3.63, 3.8) is 0 Å². The lowest BCUT2D eigenvalue weighted by atomic mass is 10.1. The molecule has 32 heavy (non-hydrogen) atoms. The smallest absolute Gasteiger partial charge is 0.262 e. The van der Waals surface area contributed by atoms with Crippen LogP contribution >= 0.6 is 11.6 Å². The number of halogens is 1. The molecule has 1 aliphatic heterocycles. The topological polar surface area (TPSA) is 65.4 Å². The van der Waals surface area contributed by atoms with Crippen molar-refractivity contribution in [3.8, 4) is 0 Å². The molecular formula is C26H23ClN4O. The number of nitrogens with zero attached hydrogens (tertiary/aromatic N) is 2. The molecular weight excluding hydrogens is 420 g/mol. The van der Waals surface area contributed by atoms with Crippen LogP contribution < -0.4 is 10.6 Å². The van der Waals surface area contributed by atoms with E-state index in [1.54, 1.807) is 35.2 Å². The van der Waals surface area contributed by atoms with Gasteiger partial charge in [-0.3, -0.25) is 14.6 Å². The Balaban J connectivity index is 1.35. The average Bonchev–Trinajstić information content (AvgIpc) is 3.23. The normalized spacial score (nSPS) is 13.7. The van der Waals surface area contributed by atoms with E-state index in [9.17, 15) is 4.79 Å². The molecule has 0 unspecified atom stereocenters. The molecule has 160 valence electrons. The van der Waals surface area contributed by atoms with Crippen LogP contribution in [0.5, 0.6) is 0 Å². The van der Waals surface area contributed by atoms with Crippen LogP contribution in [-0.4, -0.2) is 28.9 Å². The molecule has 6 heteroatoms. The number of rotatable bonds is 5. The number of aromatic nitrogens is 1. The summed E-state index contributed by atoms with van der Waals surface area (Å²) < 4.78 is 0. The number of nitrogen functional groups attached to an aromatic ring is 1. The van der Waals surface area contributed by atoms with Crippen molar-refractivity contribution in [2.75, 3.05) is 23.7 Å². The number of amides is 1. The Labute approximate surface area is 191 Å². The molecule has 0 spiro atoms. The number of nitrogens with two attached hydrogens (primary N) is 1. The summed E-state index contributed by atoms with van der Waals surface area (Å²) in [6.45, 7) is 2.46. The van der Waals surface area contributed by atoms with Gasteiger partial charge in [-0.1, -0.05) is 41.9 Å². The van der Waals surface area contributed by atoms with Gasteiger partial charge in [-0.05, 0) is 59.0 Å². The minimum absolute atomic E-state index is 0.159. The Morgan fingerprint density at radius 2 is 1.91 bits per heavy atom. The van der Waals surface area contributed by atoms with Crippen molar-refractivity contribution in [3.05, 3.63) is 107 Å².